The Kier molecular flexibility index (Phi) is 6.00. The summed E-state index contributed by atoms with van der Waals surface area (Å²) < 4.78 is 24.2. The molecule has 0 unspecified atom stereocenters. The first kappa shape index (κ1) is 16.2. The molecule has 0 aromatic carbocycles. The molecule has 1 N–H and O–H groups in total. The molecule has 0 atom stereocenters. The lowest BCUT2D eigenvalue weighted by molar-refractivity contribution is 0.548. The van der Waals surface area contributed by atoms with Crippen molar-refractivity contribution in [2.75, 3.05) is 18.6 Å². The molecule has 1 rings (SSSR count). The molecular weight excluding hydrogens is 262 g/mol. The summed E-state index contributed by atoms with van der Waals surface area (Å²) in [5.41, 5.74) is 2.29. The van der Waals surface area contributed by atoms with Gasteiger partial charge in [0.05, 0.1) is 18.5 Å². The Morgan fingerprint density at radius 3 is 2.63 bits per heavy atom. The van der Waals surface area contributed by atoms with E-state index in [9.17, 15) is 8.42 Å². The van der Waals surface area contributed by atoms with Crippen molar-refractivity contribution in [3.05, 3.63) is 17.5 Å². The number of nitrogens with zero attached hydrogens (tertiary/aromatic N) is 2. The van der Waals surface area contributed by atoms with Crippen molar-refractivity contribution in [2.24, 2.45) is 5.92 Å². The number of hydrogen-bond donors (Lipinski definition) is 1. The minimum Gasteiger partial charge on any atom is -0.312 e. The van der Waals surface area contributed by atoms with E-state index < -0.39 is 9.84 Å². The first-order valence-corrected chi connectivity index (χ1v) is 8.81. The number of aromatic nitrogens is 2. The lowest BCUT2D eigenvalue weighted by Gasteiger charge is -2.09. The molecule has 5 nitrogen and oxygen atoms in total. The summed E-state index contributed by atoms with van der Waals surface area (Å²) in [6.07, 6.45) is 3.96. The topological polar surface area (TPSA) is 64.0 Å². The van der Waals surface area contributed by atoms with Crippen LogP contribution < -0.4 is 5.32 Å². The lowest BCUT2D eigenvalue weighted by Crippen LogP contribution is -2.20. The van der Waals surface area contributed by atoms with Crippen molar-refractivity contribution >= 4 is 9.84 Å². The second kappa shape index (κ2) is 7.05. The molecule has 0 aliphatic rings. The average Bonchev–Trinajstić information content (AvgIpc) is 2.67. The zero-order valence-corrected chi connectivity index (χ0v) is 13.1. The number of rotatable bonds is 8. The summed E-state index contributed by atoms with van der Waals surface area (Å²) >= 11 is 0. The van der Waals surface area contributed by atoms with Crippen LogP contribution in [0.4, 0.5) is 0 Å². The van der Waals surface area contributed by atoms with Crippen LogP contribution in [0.15, 0.2) is 6.20 Å². The van der Waals surface area contributed by atoms with Gasteiger partial charge < -0.3 is 5.32 Å². The predicted molar refractivity (Wildman–Crippen MR) is 77.9 cm³/mol. The van der Waals surface area contributed by atoms with Crippen molar-refractivity contribution in [3.8, 4) is 0 Å². The van der Waals surface area contributed by atoms with E-state index in [1.54, 1.807) is 0 Å². The highest BCUT2D eigenvalue weighted by Gasteiger charge is 2.11. The van der Waals surface area contributed by atoms with Crippen LogP contribution in [-0.2, 0) is 29.3 Å². The largest absolute Gasteiger partial charge is 0.312 e. The van der Waals surface area contributed by atoms with Crippen LogP contribution in [-0.4, -0.2) is 36.8 Å². The molecule has 0 saturated carbocycles. The van der Waals surface area contributed by atoms with E-state index in [0.29, 0.717) is 12.5 Å². The van der Waals surface area contributed by atoms with Gasteiger partial charge in [0.25, 0.3) is 0 Å². The summed E-state index contributed by atoms with van der Waals surface area (Å²) in [5.74, 6) is 0.755. The first-order valence-electron chi connectivity index (χ1n) is 6.75. The van der Waals surface area contributed by atoms with Gasteiger partial charge in [0.1, 0.15) is 9.84 Å². The van der Waals surface area contributed by atoms with Gasteiger partial charge in [-0.1, -0.05) is 20.8 Å². The zero-order valence-electron chi connectivity index (χ0n) is 12.3. The molecule has 0 bridgehead atoms. The molecular formula is C13H25N3O2S. The van der Waals surface area contributed by atoms with Crippen LogP contribution in [0.3, 0.4) is 0 Å². The van der Waals surface area contributed by atoms with E-state index in [1.165, 1.54) is 6.26 Å². The smallest absolute Gasteiger partial charge is 0.149 e. The normalized spacial score (nSPS) is 12.3. The molecule has 0 radical (unpaired) electrons. The van der Waals surface area contributed by atoms with Gasteiger partial charge >= 0.3 is 0 Å². The van der Waals surface area contributed by atoms with E-state index >= 15 is 0 Å². The summed E-state index contributed by atoms with van der Waals surface area (Å²) in [4.78, 5) is 0. The molecule has 1 aromatic heterocycles. The highest BCUT2D eigenvalue weighted by atomic mass is 32.2. The Hall–Kier alpha value is -0.880. The van der Waals surface area contributed by atoms with Gasteiger partial charge in [-0.25, -0.2) is 8.42 Å². The molecule has 0 saturated heterocycles. The quantitative estimate of drug-likeness (QED) is 0.781. The number of sulfone groups is 1. The molecule has 1 heterocycles. The van der Waals surface area contributed by atoms with Crippen molar-refractivity contribution in [2.45, 2.75) is 40.3 Å². The van der Waals surface area contributed by atoms with Gasteiger partial charge in [-0.2, -0.15) is 5.10 Å². The molecule has 0 fully saturated rings. The molecule has 110 valence electrons. The van der Waals surface area contributed by atoms with Gasteiger partial charge in [-0.15, -0.1) is 0 Å². The van der Waals surface area contributed by atoms with Crippen LogP contribution in [0.5, 0.6) is 0 Å². The Morgan fingerprint density at radius 1 is 1.42 bits per heavy atom. The molecule has 0 amide bonds. The van der Waals surface area contributed by atoms with Gasteiger partial charge in [-0.05, 0) is 18.9 Å². The van der Waals surface area contributed by atoms with E-state index in [2.05, 4.69) is 31.2 Å². The maximum atomic E-state index is 11.2. The molecule has 0 spiro atoms. The highest BCUT2D eigenvalue weighted by Crippen LogP contribution is 2.10. The maximum absolute atomic E-state index is 11.2. The van der Waals surface area contributed by atoms with Crippen LogP contribution in [0, 0.1) is 5.92 Å². The second-order valence-electron chi connectivity index (χ2n) is 5.35. The van der Waals surface area contributed by atoms with E-state index in [-0.39, 0.29) is 5.75 Å². The number of nitrogens with one attached hydrogen (secondary N) is 1. The Bertz CT molecular complexity index is 492. The molecule has 19 heavy (non-hydrogen) atoms. The summed E-state index contributed by atoms with van der Waals surface area (Å²) in [7, 11) is -2.94. The van der Waals surface area contributed by atoms with Crippen molar-refractivity contribution in [1.82, 2.24) is 15.1 Å². The third-order valence-electron chi connectivity index (χ3n) is 2.91. The summed E-state index contributed by atoms with van der Waals surface area (Å²) in [6.45, 7) is 8.61. The van der Waals surface area contributed by atoms with Crippen molar-refractivity contribution < 1.29 is 8.42 Å². The predicted octanol–water partition coefficient (Wildman–Crippen LogP) is 1.24. The lowest BCUT2D eigenvalue weighted by atomic mass is 10.2. The minimum atomic E-state index is -2.94. The van der Waals surface area contributed by atoms with E-state index in [1.807, 2.05) is 10.9 Å². The minimum absolute atomic E-state index is 0.139. The van der Waals surface area contributed by atoms with Gasteiger partial charge in [0, 0.05) is 24.1 Å². The Balaban J connectivity index is 2.66. The number of aryl methyl sites for hydroxylation is 1. The van der Waals surface area contributed by atoms with Crippen LogP contribution in [0.1, 0.15) is 32.0 Å². The number of hydrogen-bond acceptors (Lipinski definition) is 4. The monoisotopic (exact) mass is 287 g/mol. The van der Waals surface area contributed by atoms with Gasteiger partial charge in [-0.3, -0.25) is 4.68 Å². The van der Waals surface area contributed by atoms with Crippen molar-refractivity contribution in [3.63, 3.8) is 0 Å². The van der Waals surface area contributed by atoms with E-state index in [0.717, 1.165) is 30.8 Å². The van der Waals surface area contributed by atoms with Gasteiger partial charge in [0.15, 0.2) is 0 Å². The maximum Gasteiger partial charge on any atom is 0.149 e. The van der Waals surface area contributed by atoms with Crippen LogP contribution in [0.2, 0.25) is 0 Å². The van der Waals surface area contributed by atoms with E-state index in [4.69, 9.17) is 0 Å². The summed E-state index contributed by atoms with van der Waals surface area (Å²) in [6, 6.07) is 0. The fourth-order valence-electron chi connectivity index (χ4n) is 1.95. The average molecular weight is 287 g/mol. The first-order chi connectivity index (χ1) is 8.83. The fraction of sp³-hybridized carbons (Fsp3) is 0.769. The SMILES string of the molecule is CCc1c(CNCC(C)C)cnn1CCS(C)(=O)=O. The fourth-order valence-corrected chi connectivity index (χ4v) is 2.45. The second-order valence-corrected chi connectivity index (χ2v) is 7.61. The Morgan fingerprint density at radius 2 is 2.11 bits per heavy atom. The molecule has 1 aromatic rings. The third-order valence-corrected chi connectivity index (χ3v) is 3.84. The molecule has 6 heteroatoms. The van der Waals surface area contributed by atoms with Gasteiger partial charge in [0.2, 0.25) is 0 Å². The summed E-state index contributed by atoms with van der Waals surface area (Å²) in [5, 5.41) is 7.69. The molecule has 0 aliphatic heterocycles. The van der Waals surface area contributed by atoms with Crippen LogP contribution >= 0.6 is 0 Å². The zero-order chi connectivity index (χ0) is 14.5. The standard InChI is InChI=1S/C13H25N3O2S/c1-5-13-12(9-14-8-11(2)3)10-15-16(13)6-7-19(4,17)18/h10-11,14H,5-9H2,1-4H3. The molecule has 0 aliphatic carbocycles. The highest BCUT2D eigenvalue weighted by molar-refractivity contribution is 7.90. The third kappa shape index (κ3) is 5.74. The van der Waals surface area contributed by atoms with Crippen LogP contribution in [0.25, 0.3) is 0 Å². The Labute approximate surface area is 116 Å². The van der Waals surface area contributed by atoms with Crippen molar-refractivity contribution in [1.29, 1.82) is 0 Å².